The molecular formula is C23H23N3O2. The molecule has 1 amide bonds. The van der Waals surface area contributed by atoms with Gasteiger partial charge in [-0.3, -0.25) is 14.8 Å². The molecule has 1 aliphatic heterocycles. The van der Waals surface area contributed by atoms with Gasteiger partial charge >= 0.3 is 0 Å². The van der Waals surface area contributed by atoms with Crippen molar-refractivity contribution in [2.45, 2.75) is 31.8 Å². The summed E-state index contributed by atoms with van der Waals surface area (Å²) >= 11 is 0. The first kappa shape index (κ1) is 18.2. The van der Waals surface area contributed by atoms with Crippen molar-refractivity contribution in [3.63, 3.8) is 0 Å². The lowest BCUT2D eigenvalue weighted by Gasteiger charge is -2.12. The molecule has 5 nitrogen and oxygen atoms in total. The van der Waals surface area contributed by atoms with Gasteiger partial charge in [0.05, 0.1) is 18.4 Å². The molecule has 1 aromatic heterocycles. The Morgan fingerprint density at radius 3 is 2.86 bits per heavy atom. The number of ether oxygens (including phenoxy) is 1. The van der Waals surface area contributed by atoms with Crippen LogP contribution in [0.25, 0.3) is 11.3 Å². The van der Waals surface area contributed by atoms with Crippen LogP contribution in [-0.4, -0.2) is 28.5 Å². The summed E-state index contributed by atoms with van der Waals surface area (Å²) in [6.45, 7) is 0.527. The number of hydrogen-bond donors (Lipinski definition) is 1. The first-order valence-electron chi connectivity index (χ1n) is 9.64. The molecule has 142 valence electrons. The smallest absolute Gasteiger partial charge is 0.220 e. The van der Waals surface area contributed by atoms with Gasteiger partial charge in [-0.2, -0.15) is 0 Å². The SMILES string of the molecule is O=C(CCCc1ccccc1)NCC1Cc2cc(-c3cnccn3)ccc2O1. The van der Waals surface area contributed by atoms with E-state index in [0.29, 0.717) is 13.0 Å². The van der Waals surface area contributed by atoms with Gasteiger partial charge in [0.1, 0.15) is 11.9 Å². The number of hydrogen-bond acceptors (Lipinski definition) is 4. The lowest BCUT2D eigenvalue weighted by molar-refractivity contribution is -0.121. The van der Waals surface area contributed by atoms with Gasteiger partial charge in [0.2, 0.25) is 5.91 Å². The summed E-state index contributed by atoms with van der Waals surface area (Å²) in [5.41, 5.74) is 4.29. The molecule has 0 aliphatic carbocycles. The Hall–Kier alpha value is -3.21. The van der Waals surface area contributed by atoms with Crippen LogP contribution in [0.15, 0.2) is 67.1 Å². The highest BCUT2D eigenvalue weighted by molar-refractivity contribution is 5.75. The summed E-state index contributed by atoms with van der Waals surface area (Å²) in [6.07, 6.45) is 8.18. The fourth-order valence-electron chi connectivity index (χ4n) is 3.46. The van der Waals surface area contributed by atoms with Crippen LogP contribution >= 0.6 is 0 Å². The van der Waals surface area contributed by atoms with E-state index in [-0.39, 0.29) is 12.0 Å². The van der Waals surface area contributed by atoms with Crippen LogP contribution in [0.3, 0.4) is 0 Å². The van der Waals surface area contributed by atoms with E-state index in [2.05, 4.69) is 33.5 Å². The summed E-state index contributed by atoms with van der Waals surface area (Å²) in [6, 6.07) is 16.3. The quantitative estimate of drug-likeness (QED) is 0.687. The summed E-state index contributed by atoms with van der Waals surface area (Å²) in [5.74, 6) is 0.965. The summed E-state index contributed by atoms with van der Waals surface area (Å²) in [4.78, 5) is 20.6. The number of aromatic nitrogens is 2. The van der Waals surface area contributed by atoms with E-state index in [4.69, 9.17) is 4.74 Å². The molecule has 5 heteroatoms. The predicted octanol–water partition coefficient (Wildman–Crippen LogP) is 3.59. The Bertz CT molecular complexity index is 929. The topological polar surface area (TPSA) is 64.1 Å². The van der Waals surface area contributed by atoms with Crippen molar-refractivity contribution in [2.75, 3.05) is 6.54 Å². The Balaban J connectivity index is 1.24. The zero-order valence-corrected chi connectivity index (χ0v) is 15.7. The molecule has 0 radical (unpaired) electrons. The second-order valence-corrected chi connectivity index (χ2v) is 7.00. The molecule has 1 atom stereocenters. The first-order valence-corrected chi connectivity index (χ1v) is 9.64. The molecule has 0 bridgehead atoms. The Kier molecular flexibility index (Phi) is 5.61. The molecule has 2 heterocycles. The molecule has 1 unspecified atom stereocenters. The van der Waals surface area contributed by atoms with Crippen molar-refractivity contribution in [3.05, 3.63) is 78.2 Å². The van der Waals surface area contributed by atoms with E-state index in [1.165, 1.54) is 5.56 Å². The Labute approximate surface area is 164 Å². The van der Waals surface area contributed by atoms with Crippen molar-refractivity contribution >= 4 is 5.91 Å². The monoisotopic (exact) mass is 373 g/mol. The number of benzene rings is 2. The average Bonchev–Trinajstić information content (AvgIpc) is 3.16. The van der Waals surface area contributed by atoms with E-state index >= 15 is 0 Å². The Morgan fingerprint density at radius 1 is 1.14 bits per heavy atom. The third-order valence-electron chi connectivity index (χ3n) is 4.90. The lowest BCUT2D eigenvalue weighted by Crippen LogP contribution is -2.34. The fraction of sp³-hybridized carbons (Fsp3) is 0.261. The van der Waals surface area contributed by atoms with Gasteiger partial charge < -0.3 is 10.1 Å². The van der Waals surface area contributed by atoms with Crippen molar-refractivity contribution in [3.8, 4) is 17.0 Å². The highest BCUT2D eigenvalue weighted by Crippen LogP contribution is 2.32. The molecule has 1 N–H and O–H groups in total. The molecule has 0 spiro atoms. The second kappa shape index (κ2) is 8.65. The van der Waals surface area contributed by atoms with Gasteiger partial charge in [-0.1, -0.05) is 30.3 Å². The minimum absolute atomic E-state index is 0.0230. The van der Waals surface area contributed by atoms with Crippen LogP contribution in [0, 0.1) is 0 Å². The third-order valence-corrected chi connectivity index (χ3v) is 4.90. The molecule has 2 aromatic carbocycles. The maximum absolute atomic E-state index is 12.1. The molecule has 0 saturated heterocycles. The molecular weight excluding hydrogens is 350 g/mol. The van der Waals surface area contributed by atoms with E-state index in [1.54, 1.807) is 18.6 Å². The van der Waals surface area contributed by atoms with Gasteiger partial charge in [0.25, 0.3) is 0 Å². The second-order valence-electron chi connectivity index (χ2n) is 7.00. The molecule has 0 fully saturated rings. The van der Waals surface area contributed by atoms with E-state index in [1.807, 2.05) is 30.3 Å². The standard InChI is InChI=1S/C23H23N3O2/c27-23(8-4-7-17-5-2-1-3-6-17)26-15-20-14-19-13-18(9-10-22(19)28-20)21-16-24-11-12-25-21/h1-3,5-6,9-13,16,20H,4,7-8,14-15H2,(H,26,27). The molecule has 28 heavy (non-hydrogen) atoms. The van der Waals surface area contributed by atoms with Crippen LogP contribution in [0.1, 0.15) is 24.0 Å². The number of carbonyl (C=O) groups excluding carboxylic acids is 1. The minimum Gasteiger partial charge on any atom is -0.488 e. The third kappa shape index (κ3) is 4.55. The van der Waals surface area contributed by atoms with Crippen molar-refractivity contribution in [1.29, 1.82) is 0 Å². The fourth-order valence-corrected chi connectivity index (χ4v) is 3.46. The number of nitrogens with zero attached hydrogens (tertiary/aromatic N) is 2. The van der Waals surface area contributed by atoms with Crippen LogP contribution in [-0.2, 0) is 17.6 Å². The van der Waals surface area contributed by atoms with Crippen LogP contribution in [0.4, 0.5) is 0 Å². The lowest BCUT2D eigenvalue weighted by atomic mass is 10.0. The average molecular weight is 373 g/mol. The van der Waals surface area contributed by atoms with E-state index in [9.17, 15) is 4.79 Å². The highest BCUT2D eigenvalue weighted by atomic mass is 16.5. The largest absolute Gasteiger partial charge is 0.488 e. The van der Waals surface area contributed by atoms with Crippen molar-refractivity contribution in [1.82, 2.24) is 15.3 Å². The van der Waals surface area contributed by atoms with Crippen LogP contribution in [0.2, 0.25) is 0 Å². The molecule has 4 rings (SSSR count). The highest BCUT2D eigenvalue weighted by Gasteiger charge is 2.23. The predicted molar refractivity (Wildman–Crippen MR) is 108 cm³/mol. The molecule has 0 saturated carbocycles. The summed E-state index contributed by atoms with van der Waals surface area (Å²) in [7, 11) is 0. The zero-order valence-electron chi connectivity index (χ0n) is 15.7. The van der Waals surface area contributed by atoms with Crippen molar-refractivity contribution < 1.29 is 9.53 Å². The summed E-state index contributed by atoms with van der Waals surface area (Å²) in [5, 5.41) is 3.01. The van der Waals surface area contributed by atoms with E-state index < -0.39 is 0 Å². The van der Waals surface area contributed by atoms with Crippen molar-refractivity contribution in [2.24, 2.45) is 0 Å². The minimum atomic E-state index is -0.0230. The Morgan fingerprint density at radius 2 is 2.04 bits per heavy atom. The normalized spacial score (nSPS) is 14.9. The van der Waals surface area contributed by atoms with Gasteiger partial charge in [-0.15, -0.1) is 0 Å². The molecule has 3 aromatic rings. The zero-order chi connectivity index (χ0) is 19.2. The number of rotatable bonds is 7. The number of aryl methyl sites for hydroxylation is 1. The first-order chi connectivity index (χ1) is 13.8. The van der Waals surface area contributed by atoms with Gasteiger partial charge in [0.15, 0.2) is 0 Å². The van der Waals surface area contributed by atoms with Crippen LogP contribution in [0.5, 0.6) is 5.75 Å². The number of amides is 1. The van der Waals surface area contributed by atoms with E-state index in [0.717, 1.165) is 41.8 Å². The number of fused-ring (bicyclic) bond motifs is 1. The summed E-state index contributed by atoms with van der Waals surface area (Å²) < 4.78 is 5.97. The maximum atomic E-state index is 12.1. The maximum Gasteiger partial charge on any atom is 0.220 e. The van der Waals surface area contributed by atoms with Gasteiger partial charge in [-0.25, -0.2) is 0 Å². The van der Waals surface area contributed by atoms with Gasteiger partial charge in [-0.05, 0) is 42.2 Å². The van der Waals surface area contributed by atoms with Gasteiger partial charge in [0, 0.05) is 30.8 Å². The molecule has 1 aliphatic rings. The van der Waals surface area contributed by atoms with Crippen LogP contribution < -0.4 is 10.1 Å². The number of carbonyl (C=O) groups is 1. The number of nitrogens with one attached hydrogen (secondary N) is 1.